The molecule has 1 heterocycles. The molecule has 1 unspecified atom stereocenters. The Morgan fingerprint density at radius 2 is 1.70 bits per heavy atom. The van der Waals surface area contributed by atoms with Crippen molar-refractivity contribution in [1.29, 1.82) is 0 Å². The fourth-order valence-corrected chi connectivity index (χ4v) is 2.68. The van der Waals surface area contributed by atoms with Gasteiger partial charge >= 0.3 is 0 Å². The van der Waals surface area contributed by atoms with Crippen LogP contribution in [0.1, 0.15) is 46.1 Å². The molecule has 23 heavy (non-hydrogen) atoms. The third kappa shape index (κ3) is 6.90. The van der Waals surface area contributed by atoms with E-state index in [1.807, 2.05) is 52.0 Å². The second-order valence-electron chi connectivity index (χ2n) is 7.01. The maximum Gasteiger partial charge on any atom is 0.293 e. The molecule has 1 fully saturated rings. The summed E-state index contributed by atoms with van der Waals surface area (Å²) in [5.41, 5.74) is -0.0992. The highest BCUT2D eigenvalue weighted by atomic mass is 35.5. The lowest BCUT2D eigenvalue weighted by molar-refractivity contribution is -0.138. The minimum atomic E-state index is -0.743. The molecule has 1 aliphatic heterocycles. The second kappa shape index (κ2) is 8.67. The van der Waals surface area contributed by atoms with Crippen LogP contribution in [0.4, 0.5) is 0 Å². The van der Waals surface area contributed by atoms with Crippen LogP contribution in [-0.2, 0) is 15.1 Å². The number of hydrogen-bond donors (Lipinski definition) is 2. The quantitative estimate of drug-likeness (QED) is 0.826. The Morgan fingerprint density at radius 3 is 2.09 bits per heavy atom. The number of benzene rings is 1. The Morgan fingerprint density at radius 1 is 1.17 bits per heavy atom. The molecule has 0 aromatic heterocycles. The van der Waals surface area contributed by atoms with Crippen molar-refractivity contribution in [3.05, 3.63) is 34.9 Å². The van der Waals surface area contributed by atoms with Crippen LogP contribution in [0.2, 0.25) is 5.02 Å². The van der Waals surface area contributed by atoms with Crippen molar-refractivity contribution in [2.45, 2.75) is 51.7 Å². The maximum atomic E-state index is 10.6. The fourth-order valence-electron chi connectivity index (χ4n) is 2.55. The first-order chi connectivity index (χ1) is 10.7. The van der Waals surface area contributed by atoms with E-state index in [1.165, 1.54) is 0 Å². The van der Waals surface area contributed by atoms with Crippen molar-refractivity contribution in [3.8, 4) is 0 Å². The van der Waals surface area contributed by atoms with Crippen molar-refractivity contribution in [2.75, 3.05) is 13.1 Å². The Balaban J connectivity index is 0.000000322. The molecule has 0 aliphatic carbocycles. The predicted molar refractivity (Wildman–Crippen MR) is 93.5 cm³/mol. The maximum absolute atomic E-state index is 10.6. The van der Waals surface area contributed by atoms with Crippen molar-refractivity contribution in [2.24, 2.45) is 5.92 Å². The molecule has 1 saturated heterocycles. The number of halogens is 1. The number of nitrogens with one attached hydrogen (secondary N) is 1. The number of hydrogen-bond acceptors (Lipinski definition) is 4. The van der Waals surface area contributed by atoms with Crippen molar-refractivity contribution in [3.63, 3.8) is 0 Å². The minimum Gasteiger partial charge on any atom is -0.462 e. The van der Waals surface area contributed by atoms with Gasteiger partial charge in [-0.2, -0.15) is 0 Å². The molecule has 1 aliphatic rings. The summed E-state index contributed by atoms with van der Waals surface area (Å²) in [6, 6.07) is 7.52. The standard InChI is InChI=1S/C13H18ClNO.C5H10O2/c1-13(16,11-6-8-15-9-7-11)10-2-4-12(14)5-3-10;1-5(2,3)7-4-6/h2-5,11,15-16H,6-9H2,1H3;4H,1-3H3. The Bertz CT molecular complexity index is 474. The van der Waals surface area contributed by atoms with Gasteiger partial charge in [0.15, 0.2) is 0 Å². The Labute approximate surface area is 144 Å². The third-order valence-electron chi connectivity index (χ3n) is 3.96. The van der Waals surface area contributed by atoms with Gasteiger partial charge in [0.25, 0.3) is 6.47 Å². The highest BCUT2D eigenvalue weighted by Gasteiger charge is 2.34. The van der Waals surface area contributed by atoms with Crippen LogP contribution >= 0.6 is 11.6 Å². The average molecular weight is 342 g/mol. The lowest BCUT2D eigenvalue weighted by Gasteiger charge is -2.36. The lowest BCUT2D eigenvalue weighted by atomic mass is 9.78. The molecule has 1 aromatic rings. The summed E-state index contributed by atoms with van der Waals surface area (Å²) < 4.78 is 4.55. The van der Waals surface area contributed by atoms with E-state index in [-0.39, 0.29) is 5.60 Å². The van der Waals surface area contributed by atoms with Gasteiger partial charge in [0.2, 0.25) is 0 Å². The van der Waals surface area contributed by atoms with Gasteiger partial charge in [0.05, 0.1) is 5.60 Å². The van der Waals surface area contributed by atoms with Crippen LogP contribution in [0.5, 0.6) is 0 Å². The molecule has 0 amide bonds. The second-order valence-corrected chi connectivity index (χ2v) is 7.44. The topological polar surface area (TPSA) is 58.6 Å². The van der Waals surface area contributed by atoms with Gasteiger partial charge in [-0.25, -0.2) is 0 Å². The van der Waals surface area contributed by atoms with Gasteiger partial charge < -0.3 is 15.2 Å². The smallest absolute Gasteiger partial charge is 0.293 e. The first-order valence-corrected chi connectivity index (χ1v) is 8.35. The number of ether oxygens (including phenoxy) is 1. The van der Waals surface area contributed by atoms with Crippen LogP contribution in [0.25, 0.3) is 0 Å². The third-order valence-corrected chi connectivity index (χ3v) is 4.22. The number of rotatable bonds is 3. The van der Waals surface area contributed by atoms with Crippen LogP contribution < -0.4 is 5.32 Å². The van der Waals surface area contributed by atoms with Gasteiger partial charge in [-0.15, -0.1) is 0 Å². The molecule has 130 valence electrons. The Kier molecular flexibility index (Phi) is 7.52. The number of carbonyl (C=O) groups excluding carboxylic acids is 1. The average Bonchev–Trinajstić information content (AvgIpc) is 2.48. The molecule has 2 N–H and O–H groups in total. The van der Waals surface area contributed by atoms with E-state index in [1.54, 1.807) is 0 Å². The fraction of sp³-hybridized carbons (Fsp3) is 0.611. The van der Waals surface area contributed by atoms with Crippen LogP contribution in [0.3, 0.4) is 0 Å². The summed E-state index contributed by atoms with van der Waals surface area (Å²) in [6.07, 6.45) is 2.05. The molecular formula is C18H28ClNO3. The molecule has 0 radical (unpaired) electrons. The van der Waals surface area contributed by atoms with E-state index in [2.05, 4.69) is 10.1 Å². The highest BCUT2D eigenvalue weighted by molar-refractivity contribution is 6.30. The zero-order chi connectivity index (χ0) is 17.5. The van der Waals surface area contributed by atoms with Crippen molar-refractivity contribution >= 4 is 18.1 Å². The molecular weight excluding hydrogens is 314 g/mol. The van der Waals surface area contributed by atoms with Crippen LogP contribution in [0.15, 0.2) is 24.3 Å². The van der Waals surface area contributed by atoms with Crippen molar-refractivity contribution in [1.82, 2.24) is 5.32 Å². The lowest BCUT2D eigenvalue weighted by Crippen LogP contribution is -2.39. The van der Waals surface area contributed by atoms with Gasteiger partial charge in [0.1, 0.15) is 5.60 Å². The van der Waals surface area contributed by atoms with Crippen molar-refractivity contribution < 1.29 is 14.6 Å². The minimum absolute atomic E-state index is 0.318. The molecule has 1 atom stereocenters. The number of aliphatic hydroxyl groups is 1. The normalized spacial score (nSPS) is 18.3. The van der Waals surface area contributed by atoms with E-state index in [0.717, 1.165) is 31.5 Å². The summed E-state index contributed by atoms with van der Waals surface area (Å²) in [6.45, 7) is 9.82. The summed E-state index contributed by atoms with van der Waals surface area (Å²) >= 11 is 5.86. The summed E-state index contributed by atoms with van der Waals surface area (Å²) in [5.74, 6) is 0.329. The summed E-state index contributed by atoms with van der Waals surface area (Å²) in [4.78, 5) is 9.60. The SMILES string of the molecule is CC(C)(C)OC=O.CC(O)(c1ccc(Cl)cc1)C1CCNCC1. The van der Waals surface area contributed by atoms with E-state index in [0.29, 0.717) is 17.4 Å². The monoisotopic (exact) mass is 341 g/mol. The van der Waals surface area contributed by atoms with E-state index in [4.69, 9.17) is 11.6 Å². The van der Waals surface area contributed by atoms with Gasteiger partial charge in [-0.05, 0) is 77.2 Å². The molecule has 5 heteroatoms. The Hall–Kier alpha value is -1.10. The zero-order valence-electron chi connectivity index (χ0n) is 14.4. The largest absolute Gasteiger partial charge is 0.462 e. The number of piperidine rings is 1. The van der Waals surface area contributed by atoms with Gasteiger partial charge in [-0.1, -0.05) is 23.7 Å². The molecule has 4 nitrogen and oxygen atoms in total. The van der Waals surface area contributed by atoms with E-state index >= 15 is 0 Å². The van der Waals surface area contributed by atoms with E-state index in [9.17, 15) is 9.90 Å². The van der Waals surface area contributed by atoms with E-state index < -0.39 is 5.60 Å². The van der Waals surface area contributed by atoms with Gasteiger partial charge in [-0.3, -0.25) is 4.79 Å². The van der Waals surface area contributed by atoms with Crippen LogP contribution in [-0.4, -0.2) is 30.3 Å². The summed E-state index contributed by atoms with van der Waals surface area (Å²) in [5, 5.41) is 14.7. The van der Waals surface area contributed by atoms with Crippen LogP contribution in [0, 0.1) is 5.92 Å². The molecule has 2 rings (SSSR count). The zero-order valence-corrected chi connectivity index (χ0v) is 15.2. The van der Waals surface area contributed by atoms with Gasteiger partial charge in [0, 0.05) is 5.02 Å². The molecule has 0 spiro atoms. The first kappa shape index (κ1) is 19.9. The molecule has 0 bridgehead atoms. The molecule has 1 aromatic carbocycles. The number of carbonyl (C=O) groups is 1. The highest BCUT2D eigenvalue weighted by Crippen LogP contribution is 2.35. The molecule has 0 saturated carbocycles. The first-order valence-electron chi connectivity index (χ1n) is 7.97. The summed E-state index contributed by atoms with van der Waals surface area (Å²) in [7, 11) is 0. The predicted octanol–water partition coefficient (Wildman–Crippen LogP) is 3.51.